The van der Waals surface area contributed by atoms with Crippen molar-refractivity contribution in [2.75, 3.05) is 13.2 Å². The quantitative estimate of drug-likeness (QED) is 0.731. The number of esters is 1. The van der Waals surface area contributed by atoms with E-state index in [-0.39, 0.29) is 17.0 Å². The Balaban J connectivity index is 2.65. The molecule has 0 amide bonds. The van der Waals surface area contributed by atoms with Gasteiger partial charge in [0.1, 0.15) is 12.4 Å². The molecule has 0 spiro atoms. The molecular formula is C17H31NO3. The van der Waals surface area contributed by atoms with Crippen LogP contribution in [0.4, 0.5) is 0 Å². The van der Waals surface area contributed by atoms with Crippen LogP contribution in [0.25, 0.3) is 0 Å². The zero-order valence-electron chi connectivity index (χ0n) is 14.7. The molecule has 0 aromatic heterocycles. The van der Waals surface area contributed by atoms with Crippen molar-refractivity contribution in [2.45, 2.75) is 78.8 Å². The van der Waals surface area contributed by atoms with Crippen LogP contribution < -0.4 is 0 Å². The molecule has 4 nitrogen and oxygen atoms in total. The molecule has 1 aliphatic rings. The Labute approximate surface area is 129 Å². The summed E-state index contributed by atoms with van der Waals surface area (Å²) in [6.45, 7) is 15.2. The maximum Gasteiger partial charge on any atom is 0.311 e. The molecule has 1 rings (SSSR count). The Morgan fingerprint density at radius 2 is 1.67 bits per heavy atom. The molecule has 0 aromatic carbocycles. The van der Waals surface area contributed by atoms with E-state index in [1.165, 1.54) is 0 Å². The highest BCUT2D eigenvalue weighted by Gasteiger charge is 2.44. The van der Waals surface area contributed by atoms with E-state index in [1.54, 1.807) is 0 Å². The van der Waals surface area contributed by atoms with Gasteiger partial charge in [0.05, 0.1) is 5.41 Å². The summed E-state index contributed by atoms with van der Waals surface area (Å²) in [4.78, 5) is 26.2. The van der Waals surface area contributed by atoms with Crippen molar-refractivity contribution in [2.24, 2.45) is 5.41 Å². The molecule has 1 heterocycles. The second-order valence-electron chi connectivity index (χ2n) is 8.04. The van der Waals surface area contributed by atoms with E-state index in [4.69, 9.17) is 4.74 Å². The third-order valence-electron chi connectivity index (χ3n) is 4.71. The highest BCUT2D eigenvalue weighted by molar-refractivity contribution is 5.81. The molecular weight excluding hydrogens is 266 g/mol. The SMILES string of the molecule is CCC(C)(C)C(=O)OCCN1C(C)(C)CC(=O)CC1(C)C. The molecule has 1 saturated heterocycles. The predicted molar refractivity (Wildman–Crippen MR) is 84.1 cm³/mol. The van der Waals surface area contributed by atoms with Gasteiger partial charge in [-0.15, -0.1) is 0 Å². The van der Waals surface area contributed by atoms with Crippen LogP contribution in [0.3, 0.4) is 0 Å². The van der Waals surface area contributed by atoms with Gasteiger partial charge in [0.25, 0.3) is 0 Å². The summed E-state index contributed by atoms with van der Waals surface area (Å²) in [7, 11) is 0. The largest absolute Gasteiger partial charge is 0.464 e. The Morgan fingerprint density at radius 1 is 1.19 bits per heavy atom. The van der Waals surface area contributed by atoms with Gasteiger partial charge in [-0.1, -0.05) is 6.92 Å². The normalized spacial score (nSPS) is 22.1. The summed E-state index contributed by atoms with van der Waals surface area (Å²) in [5.74, 6) is 0.166. The zero-order chi connectivity index (χ0) is 16.5. The minimum atomic E-state index is -0.428. The fraction of sp³-hybridized carbons (Fsp3) is 0.882. The molecule has 0 atom stereocenters. The van der Waals surface area contributed by atoms with Crippen molar-refractivity contribution in [3.8, 4) is 0 Å². The van der Waals surface area contributed by atoms with Crippen molar-refractivity contribution in [3.05, 3.63) is 0 Å². The van der Waals surface area contributed by atoms with E-state index in [2.05, 4.69) is 32.6 Å². The van der Waals surface area contributed by atoms with Crippen molar-refractivity contribution in [1.82, 2.24) is 4.90 Å². The Morgan fingerprint density at radius 3 is 2.10 bits per heavy atom. The first-order valence-electron chi connectivity index (χ1n) is 7.89. The van der Waals surface area contributed by atoms with Gasteiger partial charge in [0.2, 0.25) is 0 Å². The number of rotatable bonds is 5. The van der Waals surface area contributed by atoms with Crippen molar-refractivity contribution in [1.29, 1.82) is 0 Å². The number of carbonyl (C=O) groups excluding carboxylic acids is 2. The fourth-order valence-corrected chi connectivity index (χ4v) is 3.21. The lowest BCUT2D eigenvalue weighted by Crippen LogP contribution is -2.61. The minimum Gasteiger partial charge on any atom is -0.464 e. The summed E-state index contributed by atoms with van der Waals surface area (Å²) in [5.41, 5.74) is -0.806. The summed E-state index contributed by atoms with van der Waals surface area (Å²) in [5, 5.41) is 0. The standard InChI is InChI=1S/C17H31NO3/c1-8-15(2,3)14(20)21-10-9-18-16(4,5)11-13(19)12-17(18,6)7/h8-12H2,1-7H3. The zero-order valence-corrected chi connectivity index (χ0v) is 14.7. The predicted octanol–water partition coefficient (Wildman–Crippen LogP) is 3.19. The molecule has 122 valence electrons. The average Bonchev–Trinajstić information content (AvgIpc) is 2.30. The van der Waals surface area contributed by atoms with E-state index in [0.717, 1.165) is 6.42 Å². The van der Waals surface area contributed by atoms with Gasteiger partial charge in [-0.05, 0) is 48.0 Å². The molecule has 4 heteroatoms. The van der Waals surface area contributed by atoms with Gasteiger partial charge in [-0.25, -0.2) is 0 Å². The van der Waals surface area contributed by atoms with Crippen molar-refractivity contribution < 1.29 is 14.3 Å². The molecule has 21 heavy (non-hydrogen) atoms. The maximum absolute atomic E-state index is 12.0. The molecule has 1 aliphatic heterocycles. The first-order chi connectivity index (χ1) is 9.42. The van der Waals surface area contributed by atoms with Crippen LogP contribution in [-0.2, 0) is 14.3 Å². The number of ether oxygens (including phenoxy) is 1. The maximum atomic E-state index is 12.0. The van der Waals surface area contributed by atoms with E-state index in [9.17, 15) is 9.59 Å². The van der Waals surface area contributed by atoms with Crippen LogP contribution in [0.15, 0.2) is 0 Å². The van der Waals surface area contributed by atoms with Crippen LogP contribution in [0, 0.1) is 5.41 Å². The van der Waals surface area contributed by atoms with E-state index in [1.807, 2.05) is 20.8 Å². The van der Waals surface area contributed by atoms with E-state index >= 15 is 0 Å². The second kappa shape index (κ2) is 6.07. The Bertz CT molecular complexity index is 390. The third kappa shape index (κ3) is 4.29. The van der Waals surface area contributed by atoms with Gasteiger partial charge < -0.3 is 4.74 Å². The molecule has 0 aromatic rings. The number of nitrogens with zero attached hydrogens (tertiary/aromatic N) is 1. The van der Waals surface area contributed by atoms with Crippen LogP contribution in [0.5, 0.6) is 0 Å². The lowest BCUT2D eigenvalue weighted by Gasteiger charge is -2.52. The van der Waals surface area contributed by atoms with Crippen molar-refractivity contribution >= 4 is 11.8 Å². The van der Waals surface area contributed by atoms with E-state index < -0.39 is 5.41 Å². The van der Waals surface area contributed by atoms with Gasteiger partial charge in [-0.2, -0.15) is 0 Å². The number of likely N-dealkylation sites (tertiary alicyclic amines) is 1. The number of Topliss-reactive ketones (excluding diaryl/α,β-unsaturated/α-hetero) is 1. The number of ketones is 1. The van der Waals surface area contributed by atoms with Crippen LogP contribution in [-0.4, -0.2) is 40.9 Å². The van der Waals surface area contributed by atoms with Gasteiger partial charge in [0.15, 0.2) is 0 Å². The summed E-state index contributed by atoms with van der Waals surface area (Å²) in [6.07, 6.45) is 1.89. The summed E-state index contributed by atoms with van der Waals surface area (Å²) < 4.78 is 5.45. The molecule has 0 N–H and O–H groups in total. The number of carbonyl (C=O) groups is 2. The summed E-state index contributed by atoms with van der Waals surface area (Å²) >= 11 is 0. The average molecular weight is 297 g/mol. The minimum absolute atomic E-state index is 0.145. The lowest BCUT2D eigenvalue weighted by molar-refractivity contribution is -0.157. The van der Waals surface area contributed by atoms with Crippen LogP contribution in [0.1, 0.15) is 67.7 Å². The molecule has 0 aliphatic carbocycles. The fourth-order valence-electron chi connectivity index (χ4n) is 3.21. The molecule has 1 fully saturated rings. The molecule has 0 unspecified atom stereocenters. The molecule has 0 bridgehead atoms. The van der Waals surface area contributed by atoms with Crippen LogP contribution >= 0.6 is 0 Å². The summed E-state index contributed by atoms with van der Waals surface area (Å²) in [6, 6.07) is 0. The third-order valence-corrected chi connectivity index (χ3v) is 4.71. The Kier molecular flexibility index (Phi) is 5.25. The number of hydrogen-bond acceptors (Lipinski definition) is 4. The van der Waals surface area contributed by atoms with E-state index in [0.29, 0.717) is 31.8 Å². The van der Waals surface area contributed by atoms with Gasteiger partial charge >= 0.3 is 5.97 Å². The smallest absolute Gasteiger partial charge is 0.311 e. The topological polar surface area (TPSA) is 46.6 Å². The monoisotopic (exact) mass is 297 g/mol. The van der Waals surface area contributed by atoms with Crippen molar-refractivity contribution in [3.63, 3.8) is 0 Å². The second-order valence-corrected chi connectivity index (χ2v) is 8.04. The highest BCUT2D eigenvalue weighted by Crippen LogP contribution is 2.36. The first kappa shape index (κ1) is 18.1. The van der Waals surface area contributed by atoms with Crippen LogP contribution in [0.2, 0.25) is 0 Å². The Hall–Kier alpha value is -0.900. The molecule has 0 radical (unpaired) electrons. The number of hydrogen-bond donors (Lipinski definition) is 0. The molecule has 0 saturated carbocycles. The first-order valence-corrected chi connectivity index (χ1v) is 7.89. The van der Waals surface area contributed by atoms with Gasteiger partial charge in [-0.3, -0.25) is 14.5 Å². The highest BCUT2D eigenvalue weighted by atomic mass is 16.5. The number of piperidine rings is 1. The van der Waals surface area contributed by atoms with Gasteiger partial charge in [0, 0.05) is 30.5 Å². The lowest BCUT2D eigenvalue weighted by atomic mass is 9.79.